The summed E-state index contributed by atoms with van der Waals surface area (Å²) in [7, 11) is 0. The van der Waals surface area contributed by atoms with Gasteiger partial charge in [-0.25, -0.2) is 14.5 Å². The van der Waals surface area contributed by atoms with Gasteiger partial charge in [-0.2, -0.15) is 4.99 Å². The molecular formula is C36H37F3N6O3S. The fraction of sp³-hybridized carbons (Fsp3) is 0.306. The van der Waals surface area contributed by atoms with Crippen LogP contribution in [-0.4, -0.2) is 50.0 Å². The van der Waals surface area contributed by atoms with E-state index in [-0.39, 0.29) is 35.3 Å². The highest BCUT2D eigenvalue weighted by atomic mass is 32.2. The number of aryl methyl sites for hydroxylation is 1. The van der Waals surface area contributed by atoms with E-state index < -0.39 is 12.4 Å². The number of nitrogens with one attached hydrogen (secondary N) is 1. The smallest absolute Gasteiger partial charge is 0.406 e. The predicted octanol–water partition coefficient (Wildman–Crippen LogP) is 8.54. The number of rotatable bonds is 10. The number of hydrogen-bond donors (Lipinski definition) is 1. The van der Waals surface area contributed by atoms with Crippen LogP contribution < -0.4 is 15.0 Å². The van der Waals surface area contributed by atoms with Gasteiger partial charge < -0.3 is 10.1 Å². The number of thioether (sulfide) groups is 1. The lowest BCUT2D eigenvalue weighted by Crippen LogP contribution is -2.35. The molecule has 13 heteroatoms. The number of hydrogen-bond acceptors (Lipinski definition) is 6. The van der Waals surface area contributed by atoms with Gasteiger partial charge in [-0.05, 0) is 85.2 Å². The number of carbonyl (C=O) groups excluding carboxylic acids is 2. The first kappa shape index (κ1) is 35.4. The fourth-order valence-electron chi connectivity index (χ4n) is 5.42. The highest BCUT2D eigenvalue weighted by Crippen LogP contribution is 2.34. The molecule has 0 spiro atoms. The predicted molar refractivity (Wildman–Crippen MR) is 187 cm³/mol. The Morgan fingerprint density at radius 1 is 1.08 bits per heavy atom. The summed E-state index contributed by atoms with van der Waals surface area (Å²) in [5.41, 5.74) is 5.04. The second-order valence-corrected chi connectivity index (χ2v) is 13.2. The molecular weight excluding hydrogens is 653 g/mol. The van der Waals surface area contributed by atoms with Gasteiger partial charge in [-0.3, -0.25) is 9.69 Å². The number of halogens is 3. The van der Waals surface area contributed by atoms with Crippen LogP contribution in [0.1, 0.15) is 56.7 Å². The molecule has 1 aromatic heterocycles. The molecule has 2 heterocycles. The van der Waals surface area contributed by atoms with Crippen molar-refractivity contribution in [3.05, 3.63) is 95.8 Å². The fourth-order valence-corrected chi connectivity index (χ4v) is 6.28. The van der Waals surface area contributed by atoms with Crippen LogP contribution in [-0.2, 0) is 4.79 Å². The summed E-state index contributed by atoms with van der Waals surface area (Å²) in [6.07, 6.45) is 1.45. The molecule has 49 heavy (non-hydrogen) atoms. The Balaban J connectivity index is 1.18. The molecule has 3 aromatic carbocycles. The molecule has 256 valence electrons. The molecule has 1 aliphatic heterocycles. The number of anilines is 1. The molecule has 1 saturated heterocycles. The molecule has 1 aliphatic rings. The highest BCUT2D eigenvalue weighted by Gasteiger charge is 2.33. The van der Waals surface area contributed by atoms with Gasteiger partial charge in [0.1, 0.15) is 12.1 Å². The largest absolute Gasteiger partial charge is 0.573 e. The lowest BCUT2D eigenvalue weighted by atomic mass is 9.99. The van der Waals surface area contributed by atoms with Crippen LogP contribution in [0.4, 0.5) is 23.7 Å². The second kappa shape index (κ2) is 15.1. The SMILES string of the molecule is Cc1ccc(C(C)C)c(N2C(=O)CSC2=NC(=O)NC(C)CC(C)/C=C/c2cccc(-c3ncn(-c4ccc(OC(F)(F)F)cc4)n3)c2)c1. The average molecular weight is 691 g/mol. The van der Waals surface area contributed by atoms with Gasteiger partial charge in [0.05, 0.1) is 17.1 Å². The summed E-state index contributed by atoms with van der Waals surface area (Å²) in [5, 5.41) is 7.80. The number of carbonyl (C=O) groups is 2. The molecule has 0 saturated carbocycles. The standard InChI is InChI=1S/C36H37F3N6O3S/c1-22(2)30-16-10-24(4)18-31(30)45-32(46)20-49-35(45)42-34(47)41-25(5)17-23(3)9-11-26-7-6-8-27(19-26)33-40-21-44(43-33)28-12-14-29(15-13-28)48-36(37,38)39/h6-16,18-19,21-23,25H,17,20H2,1-5H3,(H,41,47)/b11-9+,42-35?. The maximum Gasteiger partial charge on any atom is 0.573 e. The number of nitrogens with zero attached hydrogens (tertiary/aromatic N) is 5. The number of aromatic nitrogens is 3. The third kappa shape index (κ3) is 9.38. The third-order valence-corrected chi connectivity index (χ3v) is 8.62. The number of benzene rings is 3. The van der Waals surface area contributed by atoms with Crippen molar-refractivity contribution in [3.8, 4) is 22.8 Å². The summed E-state index contributed by atoms with van der Waals surface area (Å²) in [5.74, 6) is 0.584. The highest BCUT2D eigenvalue weighted by molar-refractivity contribution is 8.15. The van der Waals surface area contributed by atoms with Crippen LogP contribution in [0.15, 0.2) is 84.1 Å². The van der Waals surface area contributed by atoms with Crippen molar-refractivity contribution < 1.29 is 27.5 Å². The summed E-state index contributed by atoms with van der Waals surface area (Å²) in [4.78, 5) is 36.0. The van der Waals surface area contributed by atoms with Crippen LogP contribution in [0.25, 0.3) is 23.2 Å². The van der Waals surface area contributed by atoms with Crippen molar-refractivity contribution in [2.24, 2.45) is 10.9 Å². The van der Waals surface area contributed by atoms with E-state index in [9.17, 15) is 22.8 Å². The monoisotopic (exact) mass is 690 g/mol. The molecule has 4 aromatic rings. The minimum Gasteiger partial charge on any atom is -0.406 e. The number of allylic oxidation sites excluding steroid dienone is 1. The molecule has 2 atom stereocenters. The van der Waals surface area contributed by atoms with E-state index in [0.717, 1.165) is 27.9 Å². The van der Waals surface area contributed by atoms with Crippen molar-refractivity contribution in [2.45, 2.75) is 59.4 Å². The molecule has 0 radical (unpaired) electrons. The van der Waals surface area contributed by atoms with Crippen molar-refractivity contribution >= 4 is 40.6 Å². The van der Waals surface area contributed by atoms with Gasteiger partial charge in [-0.1, -0.05) is 75.0 Å². The van der Waals surface area contributed by atoms with Gasteiger partial charge in [0.15, 0.2) is 11.0 Å². The number of amides is 3. The van der Waals surface area contributed by atoms with Crippen LogP contribution >= 0.6 is 11.8 Å². The van der Waals surface area contributed by atoms with Gasteiger partial charge in [0, 0.05) is 11.6 Å². The maximum absolute atomic E-state index is 12.9. The summed E-state index contributed by atoms with van der Waals surface area (Å²) >= 11 is 1.26. The van der Waals surface area contributed by atoms with Gasteiger partial charge >= 0.3 is 12.4 Å². The van der Waals surface area contributed by atoms with Gasteiger partial charge in [0.2, 0.25) is 5.91 Å². The van der Waals surface area contributed by atoms with Crippen LogP contribution in [0.5, 0.6) is 5.75 Å². The molecule has 3 amide bonds. The Morgan fingerprint density at radius 3 is 2.55 bits per heavy atom. The van der Waals surface area contributed by atoms with Gasteiger partial charge in [0.25, 0.3) is 0 Å². The molecule has 1 N–H and O–H groups in total. The van der Waals surface area contributed by atoms with E-state index in [1.807, 2.05) is 62.4 Å². The Hall–Kier alpha value is -4.91. The topological polar surface area (TPSA) is 102 Å². The zero-order valence-corrected chi connectivity index (χ0v) is 28.5. The Kier molecular flexibility index (Phi) is 10.9. The minimum absolute atomic E-state index is 0.0998. The normalized spacial score (nSPS) is 15.7. The van der Waals surface area contributed by atoms with Crippen LogP contribution in [0, 0.1) is 12.8 Å². The first-order valence-corrected chi connectivity index (χ1v) is 16.8. The number of amidine groups is 1. The third-order valence-electron chi connectivity index (χ3n) is 7.70. The number of urea groups is 1. The summed E-state index contributed by atoms with van der Waals surface area (Å²) in [6, 6.07) is 18.4. The van der Waals surface area contributed by atoms with E-state index in [1.165, 1.54) is 47.0 Å². The zero-order chi connectivity index (χ0) is 35.3. The van der Waals surface area contributed by atoms with E-state index in [1.54, 1.807) is 4.90 Å². The Bertz CT molecular complexity index is 1870. The van der Waals surface area contributed by atoms with Gasteiger partial charge in [-0.15, -0.1) is 18.3 Å². The van der Waals surface area contributed by atoms with Crippen LogP contribution in [0.2, 0.25) is 0 Å². The van der Waals surface area contributed by atoms with Crippen molar-refractivity contribution in [1.82, 2.24) is 20.1 Å². The van der Waals surface area contributed by atoms with Crippen molar-refractivity contribution in [3.63, 3.8) is 0 Å². The lowest BCUT2D eigenvalue weighted by Gasteiger charge is -2.22. The minimum atomic E-state index is -4.76. The first-order valence-electron chi connectivity index (χ1n) is 15.8. The van der Waals surface area contributed by atoms with Crippen molar-refractivity contribution in [1.29, 1.82) is 0 Å². The number of alkyl halides is 3. The van der Waals surface area contributed by atoms with E-state index >= 15 is 0 Å². The summed E-state index contributed by atoms with van der Waals surface area (Å²) < 4.78 is 42.8. The van der Waals surface area contributed by atoms with E-state index in [4.69, 9.17) is 0 Å². The molecule has 5 rings (SSSR count). The second-order valence-electron chi connectivity index (χ2n) is 12.2. The van der Waals surface area contributed by atoms with Crippen molar-refractivity contribution in [2.75, 3.05) is 10.7 Å². The van der Waals surface area contributed by atoms with Crippen LogP contribution in [0.3, 0.4) is 0 Å². The quantitative estimate of drug-likeness (QED) is 0.179. The molecule has 1 fully saturated rings. The van der Waals surface area contributed by atoms with E-state index in [0.29, 0.717) is 23.1 Å². The van der Waals surface area contributed by atoms with E-state index in [2.05, 4.69) is 52.0 Å². The summed E-state index contributed by atoms with van der Waals surface area (Å²) in [6.45, 7) is 10.1. The number of ether oxygens (including phenoxy) is 1. The molecule has 2 unspecified atom stereocenters. The lowest BCUT2D eigenvalue weighted by molar-refractivity contribution is -0.274. The number of aliphatic imine (C=N–C) groups is 1. The molecule has 0 aliphatic carbocycles. The molecule has 9 nitrogen and oxygen atoms in total. The molecule has 0 bridgehead atoms. The first-order chi connectivity index (χ1) is 23.3. The average Bonchev–Trinajstić information content (AvgIpc) is 3.66. The Morgan fingerprint density at radius 2 is 1.84 bits per heavy atom. The Labute approximate surface area is 287 Å². The zero-order valence-electron chi connectivity index (χ0n) is 27.7. The maximum atomic E-state index is 12.9.